The van der Waals surface area contributed by atoms with Crippen LogP contribution in [0.15, 0.2) is 48.0 Å². The highest BCUT2D eigenvalue weighted by Crippen LogP contribution is 2.40. The number of methoxy groups -OCH3 is 1. The standard InChI is InChI=1S/C25H29NO5/c1-5-12-26-22(17-8-7-9-19(15-17)30-4)21(24(28)25(26)29)23(27)18-10-11-20(16(3)14-18)31-13-6-2/h7-11,14-15,22,27H,5-6,12-13H2,1-4H3/b23-21-. The van der Waals surface area contributed by atoms with Crippen molar-refractivity contribution in [1.82, 2.24) is 4.90 Å². The number of benzene rings is 2. The summed E-state index contributed by atoms with van der Waals surface area (Å²) in [6.07, 6.45) is 1.58. The zero-order chi connectivity index (χ0) is 22.5. The highest BCUT2D eigenvalue weighted by Gasteiger charge is 2.45. The molecule has 0 aliphatic carbocycles. The highest BCUT2D eigenvalue weighted by molar-refractivity contribution is 6.46. The molecule has 1 amide bonds. The van der Waals surface area contributed by atoms with Gasteiger partial charge in [0, 0.05) is 12.1 Å². The molecule has 2 aromatic carbocycles. The third-order valence-corrected chi connectivity index (χ3v) is 5.32. The fraction of sp³-hybridized carbons (Fsp3) is 0.360. The molecule has 1 unspecified atom stereocenters. The molecular formula is C25H29NO5. The van der Waals surface area contributed by atoms with Crippen LogP contribution in [-0.2, 0) is 9.59 Å². The van der Waals surface area contributed by atoms with Crippen LogP contribution in [0.2, 0.25) is 0 Å². The Hall–Kier alpha value is -3.28. The van der Waals surface area contributed by atoms with Gasteiger partial charge in [-0.2, -0.15) is 0 Å². The van der Waals surface area contributed by atoms with Crippen LogP contribution >= 0.6 is 0 Å². The molecule has 1 fully saturated rings. The third kappa shape index (κ3) is 4.43. The minimum Gasteiger partial charge on any atom is -0.507 e. The number of amides is 1. The largest absolute Gasteiger partial charge is 0.507 e. The average molecular weight is 424 g/mol. The maximum absolute atomic E-state index is 13.0. The van der Waals surface area contributed by atoms with Crippen LogP contribution in [0.3, 0.4) is 0 Å². The summed E-state index contributed by atoms with van der Waals surface area (Å²) in [5, 5.41) is 11.2. The first-order valence-corrected chi connectivity index (χ1v) is 10.6. The second kappa shape index (κ2) is 9.69. The Morgan fingerprint density at radius 1 is 1.10 bits per heavy atom. The lowest BCUT2D eigenvalue weighted by Gasteiger charge is -2.25. The molecule has 164 valence electrons. The second-order valence-electron chi connectivity index (χ2n) is 7.60. The second-order valence-corrected chi connectivity index (χ2v) is 7.60. The molecule has 0 saturated carbocycles. The summed E-state index contributed by atoms with van der Waals surface area (Å²) in [7, 11) is 1.56. The summed E-state index contributed by atoms with van der Waals surface area (Å²) in [6, 6.07) is 11.8. The normalized spacial score (nSPS) is 17.8. The quantitative estimate of drug-likeness (QED) is 0.381. The molecule has 1 atom stereocenters. The van der Waals surface area contributed by atoms with Gasteiger partial charge in [0.1, 0.15) is 17.3 Å². The van der Waals surface area contributed by atoms with Crippen LogP contribution in [0.5, 0.6) is 11.5 Å². The lowest BCUT2D eigenvalue weighted by molar-refractivity contribution is -0.139. The zero-order valence-electron chi connectivity index (χ0n) is 18.5. The monoisotopic (exact) mass is 423 g/mol. The molecule has 6 nitrogen and oxygen atoms in total. The summed E-state index contributed by atoms with van der Waals surface area (Å²) >= 11 is 0. The predicted molar refractivity (Wildman–Crippen MR) is 119 cm³/mol. The molecule has 6 heteroatoms. The van der Waals surface area contributed by atoms with Gasteiger partial charge in [0.25, 0.3) is 11.7 Å². The van der Waals surface area contributed by atoms with E-state index in [2.05, 4.69) is 0 Å². The van der Waals surface area contributed by atoms with Crippen LogP contribution in [0, 0.1) is 6.92 Å². The van der Waals surface area contributed by atoms with Crippen molar-refractivity contribution in [2.45, 2.75) is 39.7 Å². The number of likely N-dealkylation sites (tertiary alicyclic amines) is 1. The zero-order valence-corrected chi connectivity index (χ0v) is 18.5. The van der Waals surface area contributed by atoms with E-state index in [1.807, 2.05) is 32.9 Å². The lowest BCUT2D eigenvalue weighted by atomic mass is 9.94. The fourth-order valence-corrected chi connectivity index (χ4v) is 3.84. The van der Waals surface area contributed by atoms with Gasteiger partial charge in [-0.25, -0.2) is 0 Å². The molecule has 0 bridgehead atoms. The number of hydrogen-bond donors (Lipinski definition) is 1. The Balaban J connectivity index is 2.12. The van der Waals surface area contributed by atoms with Crippen molar-refractivity contribution in [3.63, 3.8) is 0 Å². The maximum atomic E-state index is 13.0. The van der Waals surface area contributed by atoms with Crippen molar-refractivity contribution in [2.75, 3.05) is 20.3 Å². The summed E-state index contributed by atoms with van der Waals surface area (Å²) in [5.41, 5.74) is 2.13. The Bertz CT molecular complexity index is 1010. The lowest BCUT2D eigenvalue weighted by Crippen LogP contribution is -2.30. The van der Waals surface area contributed by atoms with Gasteiger partial charge in [-0.05, 0) is 61.2 Å². The summed E-state index contributed by atoms with van der Waals surface area (Å²) in [5.74, 6) is -0.115. The number of hydrogen-bond acceptors (Lipinski definition) is 5. The molecule has 0 aromatic heterocycles. The number of ketones is 1. The van der Waals surface area contributed by atoms with E-state index in [4.69, 9.17) is 9.47 Å². The molecular weight excluding hydrogens is 394 g/mol. The minimum atomic E-state index is -0.678. The van der Waals surface area contributed by atoms with Crippen molar-refractivity contribution in [3.05, 3.63) is 64.7 Å². The van der Waals surface area contributed by atoms with E-state index in [1.54, 1.807) is 37.4 Å². The van der Waals surface area contributed by atoms with Gasteiger partial charge in [-0.15, -0.1) is 0 Å². The first-order valence-electron chi connectivity index (χ1n) is 10.6. The molecule has 0 radical (unpaired) electrons. The van der Waals surface area contributed by atoms with Gasteiger partial charge >= 0.3 is 0 Å². The third-order valence-electron chi connectivity index (χ3n) is 5.32. The number of carbonyl (C=O) groups excluding carboxylic acids is 2. The van der Waals surface area contributed by atoms with Gasteiger partial charge in [0.2, 0.25) is 0 Å². The molecule has 1 heterocycles. The fourth-order valence-electron chi connectivity index (χ4n) is 3.84. The maximum Gasteiger partial charge on any atom is 0.295 e. The number of aliphatic hydroxyl groups is 1. The Morgan fingerprint density at radius 2 is 1.87 bits per heavy atom. The average Bonchev–Trinajstić information content (AvgIpc) is 3.03. The van der Waals surface area contributed by atoms with E-state index < -0.39 is 17.7 Å². The van der Waals surface area contributed by atoms with Crippen molar-refractivity contribution < 1.29 is 24.2 Å². The van der Waals surface area contributed by atoms with E-state index in [1.165, 1.54) is 4.90 Å². The van der Waals surface area contributed by atoms with Gasteiger partial charge in [0.05, 0.1) is 25.3 Å². The topological polar surface area (TPSA) is 76.1 Å². The van der Waals surface area contributed by atoms with Gasteiger partial charge in [-0.1, -0.05) is 26.0 Å². The van der Waals surface area contributed by atoms with Crippen molar-refractivity contribution in [2.24, 2.45) is 0 Å². The summed E-state index contributed by atoms with van der Waals surface area (Å²) < 4.78 is 11.0. The van der Waals surface area contributed by atoms with Gasteiger partial charge < -0.3 is 19.5 Å². The van der Waals surface area contributed by atoms with E-state index in [0.29, 0.717) is 36.4 Å². The van der Waals surface area contributed by atoms with Gasteiger partial charge in [0.15, 0.2) is 0 Å². The molecule has 31 heavy (non-hydrogen) atoms. The van der Waals surface area contributed by atoms with Crippen molar-refractivity contribution >= 4 is 17.4 Å². The van der Waals surface area contributed by atoms with Crippen LogP contribution in [0.25, 0.3) is 5.76 Å². The molecule has 1 aliphatic rings. The van der Waals surface area contributed by atoms with Crippen molar-refractivity contribution in [3.8, 4) is 11.5 Å². The van der Waals surface area contributed by atoms with E-state index in [9.17, 15) is 14.7 Å². The highest BCUT2D eigenvalue weighted by atomic mass is 16.5. The SMILES string of the molecule is CCCOc1ccc(/C(O)=C2/C(=O)C(=O)N(CCC)C2c2cccc(OC)c2)cc1C. The first kappa shape index (κ1) is 22.4. The Kier molecular flexibility index (Phi) is 7.00. The van der Waals surface area contributed by atoms with Crippen LogP contribution in [0.4, 0.5) is 0 Å². The first-order chi connectivity index (χ1) is 14.9. The summed E-state index contributed by atoms with van der Waals surface area (Å²) in [4.78, 5) is 27.3. The molecule has 2 aromatic rings. The number of aliphatic hydroxyl groups excluding tert-OH is 1. The molecule has 1 aliphatic heterocycles. The van der Waals surface area contributed by atoms with Gasteiger partial charge in [-0.3, -0.25) is 9.59 Å². The van der Waals surface area contributed by atoms with E-state index >= 15 is 0 Å². The number of carbonyl (C=O) groups is 2. The van der Waals surface area contributed by atoms with E-state index in [-0.39, 0.29) is 11.3 Å². The molecule has 0 spiro atoms. The van der Waals surface area contributed by atoms with E-state index in [0.717, 1.165) is 17.7 Å². The van der Waals surface area contributed by atoms with Crippen LogP contribution in [-0.4, -0.2) is 42.0 Å². The Morgan fingerprint density at radius 3 is 2.52 bits per heavy atom. The molecule has 3 rings (SSSR count). The number of ether oxygens (including phenoxy) is 2. The Labute approximate surface area is 183 Å². The smallest absolute Gasteiger partial charge is 0.295 e. The number of nitrogens with zero attached hydrogens (tertiary/aromatic N) is 1. The number of Topliss-reactive ketones (excluding diaryl/α,β-unsaturated/α-hetero) is 1. The molecule has 1 saturated heterocycles. The van der Waals surface area contributed by atoms with Crippen LogP contribution in [0.1, 0.15) is 49.4 Å². The van der Waals surface area contributed by atoms with Crippen molar-refractivity contribution in [1.29, 1.82) is 0 Å². The predicted octanol–water partition coefficient (Wildman–Crippen LogP) is 4.62. The minimum absolute atomic E-state index is 0.0910. The number of rotatable bonds is 8. The number of aryl methyl sites for hydroxylation is 1. The van der Waals surface area contributed by atoms with Crippen LogP contribution < -0.4 is 9.47 Å². The molecule has 1 N–H and O–H groups in total. The summed E-state index contributed by atoms with van der Waals surface area (Å²) in [6.45, 7) is 6.87.